The molecule has 1 aromatic carbocycles. The first kappa shape index (κ1) is 18.4. The molecule has 0 unspecified atom stereocenters. The summed E-state index contributed by atoms with van der Waals surface area (Å²) >= 11 is 0. The van der Waals surface area contributed by atoms with Crippen molar-refractivity contribution in [1.82, 2.24) is 9.38 Å². The lowest BCUT2D eigenvalue weighted by Crippen LogP contribution is -2.50. The summed E-state index contributed by atoms with van der Waals surface area (Å²) in [5.41, 5.74) is 17.1. The highest BCUT2D eigenvalue weighted by Crippen LogP contribution is 2.40. The highest BCUT2D eigenvalue weighted by atomic mass is 16.5. The molecule has 0 radical (unpaired) electrons. The van der Waals surface area contributed by atoms with E-state index in [0.717, 1.165) is 67.6 Å². The topological polar surface area (TPSA) is 98.9 Å². The van der Waals surface area contributed by atoms with Crippen molar-refractivity contribution in [2.75, 3.05) is 31.6 Å². The van der Waals surface area contributed by atoms with E-state index in [1.54, 1.807) is 7.11 Å². The second kappa shape index (κ2) is 6.71. The number of carbonyl (C=O) groups excluding carboxylic acids is 1. The lowest BCUT2D eigenvalue weighted by molar-refractivity contribution is -0.0216. The number of nitrogens with zero attached hydrogens (tertiary/aromatic N) is 3. The molecule has 0 spiro atoms. The molecule has 7 heteroatoms. The third-order valence-electron chi connectivity index (χ3n) is 6.81. The van der Waals surface area contributed by atoms with Crippen LogP contribution < -0.4 is 16.4 Å². The minimum Gasteiger partial charge on any atom is -0.377 e. The fourth-order valence-corrected chi connectivity index (χ4v) is 5.15. The van der Waals surface area contributed by atoms with Crippen molar-refractivity contribution in [3.05, 3.63) is 41.0 Å². The highest BCUT2D eigenvalue weighted by molar-refractivity contribution is 6.03. The van der Waals surface area contributed by atoms with E-state index in [0.29, 0.717) is 17.8 Å². The van der Waals surface area contributed by atoms with Gasteiger partial charge in [-0.15, -0.1) is 0 Å². The van der Waals surface area contributed by atoms with Gasteiger partial charge in [0.2, 0.25) is 0 Å². The van der Waals surface area contributed by atoms with Crippen LogP contribution in [0.4, 0.5) is 5.82 Å². The summed E-state index contributed by atoms with van der Waals surface area (Å²) in [5, 5.41) is 0. The molecular weight excluding hydrogens is 366 g/mol. The quantitative estimate of drug-likeness (QED) is 0.707. The molecule has 29 heavy (non-hydrogen) atoms. The number of amides is 1. The number of ether oxygens (including phenoxy) is 1. The van der Waals surface area contributed by atoms with E-state index in [2.05, 4.69) is 15.4 Å². The van der Waals surface area contributed by atoms with Crippen molar-refractivity contribution in [1.29, 1.82) is 0 Å². The Labute approximate surface area is 169 Å². The van der Waals surface area contributed by atoms with E-state index in [9.17, 15) is 4.79 Å². The number of rotatable bonds is 4. The maximum Gasteiger partial charge on any atom is 0.252 e. The summed E-state index contributed by atoms with van der Waals surface area (Å²) in [5.74, 6) is 0.767. The fourth-order valence-electron chi connectivity index (χ4n) is 5.15. The number of fused-ring (bicyclic) bond motifs is 4. The van der Waals surface area contributed by atoms with Gasteiger partial charge in [-0.05, 0) is 55.4 Å². The third kappa shape index (κ3) is 2.64. The number of aromatic nitrogens is 2. The molecule has 0 saturated carbocycles. The SMILES string of the molecule is COC1(CN)CCN(c2c3c(c(C(N)=O)c4nc5ccccc5n24)CCC3)CC1. The van der Waals surface area contributed by atoms with Crippen LogP contribution in [0.1, 0.15) is 40.7 Å². The van der Waals surface area contributed by atoms with Gasteiger partial charge in [0.15, 0.2) is 5.65 Å². The monoisotopic (exact) mass is 393 g/mol. The standard InChI is InChI=1S/C22H27N5O2/c1-29-22(13-23)9-11-26(12-10-22)21-15-6-4-5-14(15)18(19(24)28)20-25-16-7-2-3-8-17(16)27(20)21/h2-3,7-8H,4-6,9-13,23H2,1H3,(H2,24,28). The number of carbonyl (C=O) groups is 1. The van der Waals surface area contributed by atoms with Crippen molar-refractivity contribution in [2.45, 2.75) is 37.7 Å². The maximum atomic E-state index is 12.4. The molecule has 2 aromatic heterocycles. The third-order valence-corrected chi connectivity index (χ3v) is 6.81. The van der Waals surface area contributed by atoms with Gasteiger partial charge in [0, 0.05) is 26.7 Å². The molecule has 4 N–H and O–H groups in total. The first-order valence-corrected chi connectivity index (χ1v) is 10.3. The van der Waals surface area contributed by atoms with Gasteiger partial charge in [-0.1, -0.05) is 12.1 Å². The van der Waals surface area contributed by atoms with Crippen LogP contribution in [0.15, 0.2) is 24.3 Å². The average molecular weight is 393 g/mol. The number of para-hydroxylation sites is 2. The number of piperidine rings is 1. The Morgan fingerprint density at radius 3 is 2.62 bits per heavy atom. The van der Waals surface area contributed by atoms with Crippen LogP contribution in [-0.4, -0.2) is 47.6 Å². The van der Waals surface area contributed by atoms with Crippen LogP contribution in [0.5, 0.6) is 0 Å². The largest absolute Gasteiger partial charge is 0.377 e. The number of nitrogens with two attached hydrogens (primary N) is 2. The van der Waals surface area contributed by atoms with Gasteiger partial charge in [0.05, 0.1) is 22.2 Å². The second-order valence-electron chi connectivity index (χ2n) is 8.21. The molecule has 1 saturated heterocycles. The Balaban J connectivity index is 1.76. The average Bonchev–Trinajstić information content (AvgIpc) is 3.36. The van der Waals surface area contributed by atoms with Gasteiger partial charge in [-0.2, -0.15) is 0 Å². The number of anilines is 1. The van der Waals surface area contributed by atoms with E-state index < -0.39 is 5.91 Å². The first-order valence-electron chi connectivity index (χ1n) is 10.3. The zero-order valence-electron chi connectivity index (χ0n) is 16.8. The fraction of sp³-hybridized carbons (Fsp3) is 0.455. The molecule has 152 valence electrons. The summed E-state index contributed by atoms with van der Waals surface area (Å²) in [4.78, 5) is 19.7. The molecule has 0 atom stereocenters. The van der Waals surface area contributed by atoms with E-state index >= 15 is 0 Å². The predicted molar refractivity (Wildman–Crippen MR) is 113 cm³/mol. The summed E-state index contributed by atoms with van der Waals surface area (Å²) < 4.78 is 7.92. The summed E-state index contributed by atoms with van der Waals surface area (Å²) in [7, 11) is 1.75. The van der Waals surface area contributed by atoms with Gasteiger partial charge >= 0.3 is 0 Å². The molecule has 1 amide bonds. The zero-order valence-corrected chi connectivity index (χ0v) is 16.8. The van der Waals surface area contributed by atoms with E-state index in [4.69, 9.17) is 21.2 Å². The first-order chi connectivity index (χ1) is 14.1. The summed E-state index contributed by atoms with van der Waals surface area (Å²) in [6.45, 7) is 2.24. The Morgan fingerprint density at radius 2 is 1.93 bits per heavy atom. The van der Waals surface area contributed by atoms with Crippen molar-refractivity contribution < 1.29 is 9.53 Å². The molecule has 3 aromatic rings. The van der Waals surface area contributed by atoms with Crippen LogP contribution in [0.3, 0.4) is 0 Å². The number of imidazole rings is 1. The molecule has 0 bridgehead atoms. The Hall–Kier alpha value is -2.64. The van der Waals surface area contributed by atoms with E-state index in [1.807, 2.05) is 18.2 Å². The lowest BCUT2D eigenvalue weighted by Gasteiger charge is -2.41. The minimum atomic E-state index is -0.393. The normalized spacial score (nSPS) is 18.5. The van der Waals surface area contributed by atoms with Crippen molar-refractivity contribution >= 4 is 28.4 Å². The van der Waals surface area contributed by atoms with Crippen molar-refractivity contribution in [3.8, 4) is 0 Å². The molecule has 5 rings (SSSR count). The molecule has 2 aliphatic rings. The predicted octanol–water partition coefficient (Wildman–Crippen LogP) is 2.02. The van der Waals surface area contributed by atoms with Crippen LogP contribution >= 0.6 is 0 Å². The van der Waals surface area contributed by atoms with Crippen LogP contribution in [0.25, 0.3) is 16.7 Å². The van der Waals surface area contributed by atoms with E-state index in [-0.39, 0.29) is 5.60 Å². The number of hydrogen-bond donors (Lipinski definition) is 2. The summed E-state index contributed by atoms with van der Waals surface area (Å²) in [6.07, 6.45) is 4.61. The lowest BCUT2D eigenvalue weighted by atomic mass is 9.90. The van der Waals surface area contributed by atoms with Gasteiger partial charge in [0.25, 0.3) is 5.91 Å². The number of benzene rings is 1. The summed E-state index contributed by atoms with van der Waals surface area (Å²) in [6, 6.07) is 8.04. The number of pyridine rings is 1. The second-order valence-corrected chi connectivity index (χ2v) is 8.21. The van der Waals surface area contributed by atoms with Gasteiger partial charge in [0.1, 0.15) is 5.82 Å². The number of primary amides is 1. The molecule has 7 nitrogen and oxygen atoms in total. The molecule has 3 heterocycles. The van der Waals surface area contributed by atoms with Crippen molar-refractivity contribution in [2.24, 2.45) is 11.5 Å². The maximum absolute atomic E-state index is 12.4. The van der Waals surface area contributed by atoms with Gasteiger partial charge in [-0.3, -0.25) is 9.20 Å². The zero-order chi connectivity index (χ0) is 20.2. The van der Waals surface area contributed by atoms with Gasteiger partial charge < -0.3 is 21.1 Å². The van der Waals surface area contributed by atoms with Gasteiger partial charge in [-0.25, -0.2) is 4.98 Å². The van der Waals surface area contributed by atoms with Crippen LogP contribution in [0.2, 0.25) is 0 Å². The smallest absolute Gasteiger partial charge is 0.252 e. The molecule has 1 aliphatic carbocycles. The molecule has 1 fully saturated rings. The van der Waals surface area contributed by atoms with E-state index in [1.165, 1.54) is 5.56 Å². The highest BCUT2D eigenvalue weighted by Gasteiger charge is 2.36. The number of methoxy groups -OCH3 is 1. The molecule has 1 aliphatic heterocycles. The molecular formula is C22H27N5O2. The Morgan fingerprint density at radius 1 is 1.21 bits per heavy atom. The Bertz CT molecular complexity index is 1110. The van der Waals surface area contributed by atoms with Crippen LogP contribution in [0, 0.1) is 0 Å². The van der Waals surface area contributed by atoms with Crippen molar-refractivity contribution in [3.63, 3.8) is 0 Å². The minimum absolute atomic E-state index is 0.247. The number of hydrogen-bond acceptors (Lipinski definition) is 5. The Kier molecular flexibility index (Phi) is 4.26. The van der Waals surface area contributed by atoms with Crippen LogP contribution in [-0.2, 0) is 17.6 Å².